The molecule has 0 spiro atoms. The first kappa shape index (κ1) is 28.6. The molecule has 208 valence electrons. The zero-order valence-corrected chi connectivity index (χ0v) is 23.3. The predicted octanol–water partition coefficient (Wildman–Crippen LogP) is 3.17. The van der Waals surface area contributed by atoms with Crippen molar-refractivity contribution < 1.29 is 36.2 Å². The zero-order chi connectivity index (χ0) is 28.4. The third kappa shape index (κ3) is 6.28. The molecule has 1 aliphatic heterocycles. The van der Waals surface area contributed by atoms with Crippen LogP contribution in [0.2, 0.25) is 5.02 Å². The number of sulfonamides is 2. The first-order valence-electron chi connectivity index (χ1n) is 11.6. The summed E-state index contributed by atoms with van der Waals surface area (Å²) in [5.74, 6) is -0.321. The number of hydrogen-bond acceptors (Lipinski definition) is 8. The van der Waals surface area contributed by atoms with Crippen LogP contribution in [0.1, 0.15) is 16.8 Å². The van der Waals surface area contributed by atoms with Crippen LogP contribution in [0.3, 0.4) is 0 Å². The number of carbonyl (C=O) groups excluding carboxylic acids is 1. The molecule has 39 heavy (non-hydrogen) atoms. The predicted molar refractivity (Wildman–Crippen MR) is 146 cm³/mol. The van der Waals surface area contributed by atoms with Gasteiger partial charge < -0.3 is 19.9 Å². The van der Waals surface area contributed by atoms with Crippen molar-refractivity contribution in [1.29, 1.82) is 0 Å². The maximum atomic E-state index is 13.3. The fourth-order valence-electron chi connectivity index (χ4n) is 3.96. The summed E-state index contributed by atoms with van der Waals surface area (Å²) in [6.07, 6.45) is -0.339. The molecule has 1 heterocycles. The molecule has 0 aromatic heterocycles. The highest BCUT2D eigenvalue weighted by atomic mass is 35.5. The molecular formula is C25H26ClN3O8S2. The Morgan fingerprint density at radius 1 is 0.949 bits per heavy atom. The van der Waals surface area contributed by atoms with Crippen LogP contribution in [-0.4, -0.2) is 65.6 Å². The van der Waals surface area contributed by atoms with Gasteiger partial charge in [0.15, 0.2) is 11.5 Å². The molecule has 1 aliphatic rings. The summed E-state index contributed by atoms with van der Waals surface area (Å²) < 4.78 is 65.8. The molecule has 1 fully saturated rings. The van der Waals surface area contributed by atoms with Crippen molar-refractivity contribution in [2.75, 3.05) is 37.3 Å². The number of amides is 1. The Kier molecular flexibility index (Phi) is 8.37. The monoisotopic (exact) mass is 595 g/mol. The maximum absolute atomic E-state index is 13.3. The molecule has 14 heteroatoms. The lowest BCUT2D eigenvalue weighted by atomic mass is 10.1. The number of hydrogen-bond donors (Lipinski definition) is 3. The van der Waals surface area contributed by atoms with E-state index in [1.807, 2.05) is 0 Å². The highest BCUT2D eigenvalue weighted by molar-refractivity contribution is 7.92. The second-order valence-corrected chi connectivity index (χ2v) is 12.7. The lowest BCUT2D eigenvalue weighted by molar-refractivity contribution is 0.102. The van der Waals surface area contributed by atoms with Crippen LogP contribution in [0.25, 0.3) is 0 Å². The fourth-order valence-corrected chi connectivity index (χ4v) is 6.64. The summed E-state index contributed by atoms with van der Waals surface area (Å²) >= 11 is 5.87. The van der Waals surface area contributed by atoms with Crippen molar-refractivity contribution in [1.82, 2.24) is 4.31 Å². The molecule has 1 unspecified atom stereocenters. The minimum absolute atomic E-state index is 0.0112. The third-order valence-corrected chi connectivity index (χ3v) is 9.53. The molecule has 3 aromatic carbocycles. The smallest absolute Gasteiger partial charge is 0.261 e. The summed E-state index contributed by atoms with van der Waals surface area (Å²) in [6.45, 7) is 0.241. The second-order valence-electron chi connectivity index (χ2n) is 8.60. The van der Waals surface area contributed by atoms with Crippen molar-refractivity contribution in [3.63, 3.8) is 0 Å². The molecular weight excluding hydrogens is 570 g/mol. The van der Waals surface area contributed by atoms with Gasteiger partial charge in [-0.25, -0.2) is 16.8 Å². The molecule has 0 bridgehead atoms. The minimum atomic E-state index is -4.11. The van der Waals surface area contributed by atoms with E-state index in [9.17, 15) is 26.7 Å². The topological polar surface area (TPSA) is 151 Å². The fraction of sp³-hybridized carbons (Fsp3) is 0.240. The summed E-state index contributed by atoms with van der Waals surface area (Å²) in [4.78, 5) is 13.2. The Hall–Kier alpha value is -3.36. The number of β-amino-alcohol motifs (C(OH)–C–C–N with tert-alkyl or cyclic N) is 1. The zero-order valence-electron chi connectivity index (χ0n) is 20.9. The van der Waals surface area contributed by atoms with Crippen molar-refractivity contribution >= 4 is 48.9 Å². The number of methoxy groups -OCH3 is 2. The van der Waals surface area contributed by atoms with E-state index >= 15 is 0 Å². The number of halogens is 1. The van der Waals surface area contributed by atoms with Gasteiger partial charge in [-0.2, -0.15) is 4.31 Å². The van der Waals surface area contributed by atoms with Gasteiger partial charge in [0.2, 0.25) is 10.0 Å². The number of rotatable bonds is 9. The summed E-state index contributed by atoms with van der Waals surface area (Å²) in [6, 6.07) is 13.6. The van der Waals surface area contributed by atoms with Gasteiger partial charge in [-0.05, 0) is 61.0 Å². The van der Waals surface area contributed by atoms with Crippen LogP contribution < -0.4 is 19.5 Å². The molecule has 0 radical (unpaired) electrons. The van der Waals surface area contributed by atoms with Crippen molar-refractivity contribution in [2.45, 2.75) is 22.3 Å². The Labute approximate surface area is 231 Å². The number of nitrogens with zero attached hydrogens (tertiary/aromatic N) is 1. The van der Waals surface area contributed by atoms with Crippen LogP contribution in [0.15, 0.2) is 70.5 Å². The Balaban J connectivity index is 1.62. The molecule has 1 saturated heterocycles. The van der Waals surface area contributed by atoms with Crippen LogP contribution in [-0.2, 0) is 20.0 Å². The van der Waals surface area contributed by atoms with Gasteiger partial charge in [0.05, 0.1) is 41.4 Å². The van der Waals surface area contributed by atoms with Crippen LogP contribution in [0, 0.1) is 0 Å². The van der Waals surface area contributed by atoms with Gasteiger partial charge in [-0.3, -0.25) is 9.52 Å². The molecule has 3 N–H and O–H groups in total. The van der Waals surface area contributed by atoms with E-state index in [4.69, 9.17) is 21.1 Å². The van der Waals surface area contributed by atoms with Crippen LogP contribution >= 0.6 is 11.6 Å². The highest BCUT2D eigenvalue weighted by Crippen LogP contribution is 2.35. The SMILES string of the molecule is COc1cc(NS(=O)(=O)c2ccc(Cl)cc2)c(C(=O)Nc2ccc(S(=O)(=O)N3CCC(O)C3)cc2)cc1OC. The van der Waals surface area contributed by atoms with Gasteiger partial charge in [-0.15, -0.1) is 0 Å². The van der Waals surface area contributed by atoms with Crippen molar-refractivity contribution in [3.05, 3.63) is 71.2 Å². The third-order valence-electron chi connectivity index (χ3n) is 6.01. The molecule has 4 rings (SSSR count). The number of ether oxygens (including phenoxy) is 2. The number of carbonyl (C=O) groups is 1. The molecule has 1 atom stereocenters. The number of benzene rings is 3. The first-order valence-corrected chi connectivity index (χ1v) is 14.9. The molecule has 0 aliphatic carbocycles. The van der Waals surface area contributed by atoms with Crippen LogP contribution in [0.4, 0.5) is 11.4 Å². The average molecular weight is 596 g/mol. The lowest BCUT2D eigenvalue weighted by Crippen LogP contribution is -2.29. The van der Waals surface area contributed by atoms with Gasteiger partial charge in [0.1, 0.15) is 0 Å². The van der Waals surface area contributed by atoms with Gasteiger partial charge >= 0.3 is 0 Å². The quantitative estimate of drug-likeness (QED) is 0.341. The summed E-state index contributed by atoms with van der Waals surface area (Å²) in [5.41, 5.74) is 0.113. The lowest BCUT2D eigenvalue weighted by Gasteiger charge is -2.17. The number of anilines is 2. The molecule has 1 amide bonds. The molecule has 0 saturated carbocycles. The van der Waals surface area contributed by atoms with E-state index in [1.165, 1.54) is 79.2 Å². The number of aliphatic hydroxyl groups is 1. The Bertz CT molecular complexity index is 1580. The highest BCUT2D eigenvalue weighted by Gasteiger charge is 2.31. The van der Waals surface area contributed by atoms with Gasteiger partial charge in [0, 0.05) is 29.9 Å². The molecule has 3 aromatic rings. The standard InChI is InChI=1S/C25H26ClN3O8S2/c1-36-23-13-21(22(14-24(23)37-2)28-38(32,33)19-7-3-16(26)4-8-19)25(31)27-17-5-9-20(10-6-17)39(34,35)29-12-11-18(30)15-29/h3-10,13-14,18,28,30H,11-12,15H2,1-2H3,(H,27,31). The minimum Gasteiger partial charge on any atom is -0.493 e. The van der Waals surface area contributed by atoms with E-state index in [0.717, 1.165) is 0 Å². The average Bonchev–Trinajstić information content (AvgIpc) is 3.36. The van der Waals surface area contributed by atoms with Crippen LogP contribution in [0.5, 0.6) is 11.5 Å². The largest absolute Gasteiger partial charge is 0.493 e. The van der Waals surface area contributed by atoms with E-state index in [2.05, 4.69) is 10.0 Å². The van der Waals surface area contributed by atoms with Crippen molar-refractivity contribution in [3.8, 4) is 11.5 Å². The number of nitrogens with one attached hydrogen (secondary N) is 2. The second kappa shape index (κ2) is 11.4. The Morgan fingerprint density at radius 3 is 2.10 bits per heavy atom. The van der Waals surface area contributed by atoms with Crippen molar-refractivity contribution in [2.24, 2.45) is 0 Å². The maximum Gasteiger partial charge on any atom is 0.261 e. The first-order chi connectivity index (χ1) is 18.4. The van der Waals surface area contributed by atoms with Gasteiger partial charge in [-0.1, -0.05) is 11.6 Å². The summed E-state index contributed by atoms with van der Waals surface area (Å²) in [5, 5.41) is 12.7. The normalized spacial score (nSPS) is 16.1. The van der Waals surface area contributed by atoms with E-state index < -0.39 is 32.1 Å². The summed E-state index contributed by atoms with van der Waals surface area (Å²) in [7, 11) is -5.17. The van der Waals surface area contributed by atoms with E-state index in [-0.39, 0.29) is 51.3 Å². The molecule has 11 nitrogen and oxygen atoms in total. The van der Waals surface area contributed by atoms with E-state index in [1.54, 1.807) is 0 Å². The van der Waals surface area contributed by atoms with Gasteiger partial charge in [0.25, 0.3) is 15.9 Å². The Morgan fingerprint density at radius 2 is 1.54 bits per heavy atom. The van der Waals surface area contributed by atoms with E-state index in [0.29, 0.717) is 11.4 Å². The number of aliphatic hydroxyl groups excluding tert-OH is 1.